The highest BCUT2D eigenvalue weighted by molar-refractivity contribution is 7.92. The summed E-state index contributed by atoms with van der Waals surface area (Å²) >= 11 is -1.23. The van der Waals surface area contributed by atoms with E-state index in [1.807, 2.05) is 0 Å². The number of halogens is 3. The molecule has 0 radical (unpaired) electrons. The van der Waals surface area contributed by atoms with Gasteiger partial charge in [-0.3, -0.25) is 9.79 Å². The maximum absolute atomic E-state index is 12.6. The molecule has 3 aliphatic rings. The van der Waals surface area contributed by atoms with Crippen LogP contribution >= 0.6 is 0 Å². The second kappa shape index (κ2) is 8.13. The van der Waals surface area contributed by atoms with Crippen molar-refractivity contribution < 1.29 is 22.5 Å². The summed E-state index contributed by atoms with van der Waals surface area (Å²) in [5.41, 5.74) is -0.773. The molecule has 1 saturated heterocycles. The van der Waals surface area contributed by atoms with Gasteiger partial charge in [-0.1, -0.05) is 0 Å². The van der Waals surface area contributed by atoms with E-state index in [-0.39, 0.29) is 24.2 Å². The maximum Gasteiger partial charge on any atom is 0.389 e. The van der Waals surface area contributed by atoms with E-state index >= 15 is 0 Å². The maximum atomic E-state index is 12.6. The molecular weight excluding hydrogens is 379 g/mol. The van der Waals surface area contributed by atoms with Gasteiger partial charge in [0.05, 0.1) is 11.4 Å². The Labute approximate surface area is 160 Å². The zero-order valence-electron chi connectivity index (χ0n) is 15.3. The van der Waals surface area contributed by atoms with Gasteiger partial charge in [-0.25, -0.2) is 0 Å². The van der Waals surface area contributed by atoms with E-state index in [0.29, 0.717) is 31.8 Å². The Morgan fingerprint density at radius 3 is 2.48 bits per heavy atom. The van der Waals surface area contributed by atoms with Crippen LogP contribution in [0.1, 0.15) is 51.4 Å². The van der Waals surface area contributed by atoms with Crippen LogP contribution < -0.4 is 5.32 Å². The first-order valence-electron chi connectivity index (χ1n) is 9.48. The number of hydrogen-bond acceptors (Lipinski definition) is 4. The zero-order valence-corrected chi connectivity index (χ0v) is 16.1. The SMILES string of the molecule is C=C[S+]([O-])N1CCC2(CC1)N=C(C1CCC(CCC(F)(F)F)CC1)NC2=O. The van der Waals surface area contributed by atoms with E-state index in [0.717, 1.165) is 25.7 Å². The number of carbonyl (C=O) groups excluding carboxylic acids is 1. The summed E-state index contributed by atoms with van der Waals surface area (Å²) in [6.07, 6.45) is -0.554. The average molecular weight is 405 g/mol. The van der Waals surface area contributed by atoms with Crippen molar-refractivity contribution in [2.24, 2.45) is 16.8 Å². The van der Waals surface area contributed by atoms with Gasteiger partial charge in [0, 0.05) is 25.4 Å². The topological polar surface area (TPSA) is 67.8 Å². The molecule has 0 aromatic carbocycles. The molecule has 1 atom stereocenters. The molecule has 9 heteroatoms. The molecule has 2 fully saturated rings. The van der Waals surface area contributed by atoms with Gasteiger partial charge in [-0.2, -0.15) is 13.2 Å². The summed E-state index contributed by atoms with van der Waals surface area (Å²) < 4.78 is 50.8. The smallest absolute Gasteiger partial charge is 0.389 e. The summed E-state index contributed by atoms with van der Waals surface area (Å²) in [4.78, 5) is 17.3. The first kappa shape index (κ1) is 20.7. The highest BCUT2D eigenvalue weighted by atomic mass is 32.2. The molecule has 2 heterocycles. The highest BCUT2D eigenvalue weighted by Crippen LogP contribution is 2.38. The number of carbonyl (C=O) groups is 1. The Morgan fingerprint density at radius 1 is 1.30 bits per heavy atom. The fourth-order valence-electron chi connectivity index (χ4n) is 4.31. The van der Waals surface area contributed by atoms with Gasteiger partial charge >= 0.3 is 6.18 Å². The third-order valence-electron chi connectivity index (χ3n) is 6.01. The van der Waals surface area contributed by atoms with Crippen molar-refractivity contribution >= 4 is 23.1 Å². The Balaban J connectivity index is 1.54. The van der Waals surface area contributed by atoms with Crippen LogP contribution in [-0.2, 0) is 16.2 Å². The lowest BCUT2D eigenvalue weighted by Gasteiger charge is -2.34. The van der Waals surface area contributed by atoms with Crippen molar-refractivity contribution in [3.8, 4) is 0 Å². The molecule has 0 aromatic rings. The first-order chi connectivity index (χ1) is 12.7. The number of aliphatic imine (C=N–C) groups is 1. The van der Waals surface area contributed by atoms with E-state index < -0.39 is 29.5 Å². The van der Waals surface area contributed by atoms with E-state index in [4.69, 9.17) is 4.99 Å². The van der Waals surface area contributed by atoms with E-state index in [1.165, 1.54) is 5.41 Å². The lowest BCUT2D eigenvalue weighted by Crippen LogP contribution is -2.50. The molecule has 1 unspecified atom stereocenters. The van der Waals surface area contributed by atoms with Crippen LogP contribution in [0, 0.1) is 11.8 Å². The third-order valence-corrected chi connectivity index (χ3v) is 7.17. The minimum absolute atomic E-state index is 0.0965. The molecule has 27 heavy (non-hydrogen) atoms. The number of nitrogens with one attached hydrogen (secondary N) is 1. The average Bonchev–Trinajstić information content (AvgIpc) is 2.96. The molecule has 1 amide bonds. The number of rotatable bonds is 5. The van der Waals surface area contributed by atoms with Gasteiger partial charge < -0.3 is 9.87 Å². The molecule has 3 rings (SSSR count). The lowest BCUT2D eigenvalue weighted by atomic mass is 9.79. The summed E-state index contributed by atoms with van der Waals surface area (Å²) in [5.74, 6) is 0.829. The van der Waals surface area contributed by atoms with Crippen molar-refractivity contribution in [2.45, 2.75) is 63.1 Å². The number of amides is 1. The largest absolute Gasteiger partial charge is 0.593 e. The molecule has 1 N–H and O–H groups in total. The minimum Gasteiger partial charge on any atom is -0.593 e. The van der Waals surface area contributed by atoms with Crippen LogP contribution in [0.2, 0.25) is 0 Å². The van der Waals surface area contributed by atoms with Gasteiger partial charge in [0.15, 0.2) is 0 Å². The highest BCUT2D eigenvalue weighted by Gasteiger charge is 2.48. The standard InChI is InChI=1S/C18H26F3N3O2S/c1-2-27(26)24-11-9-17(10-12-24)16(25)22-15(23-17)14-5-3-13(4-6-14)7-8-18(19,20)21/h2,13-14H,1,3-12H2,(H,22,23,25). The molecule has 152 valence electrons. The number of nitrogens with zero attached hydrogens (tertiary/aromatic N) is 2. The summed E-state index contributed by atoms with van der Waals surface area (Å²) in [5, 5.41) is 4.32. The third kappa shape index (κ3) is 4.86. The van der Waals surface area contributed by atoms with Gasteiger partial charge in [-0.15, -0.1) is 4.31 Å². The molecule has 5 nitrogen and oxygen atoms in total. The summed E-state index contributed by atoms with van der Waals surface area (Å²) in [6.45, 7) is 4.58. The molecule has 1 spiro atoms. The quantitative estimate of drug-likeness (QED) is 0.714. The van der Waals surface area contributed by atoms with Crippen LogP contribution in [-0.4, -0.2) is 45.4 Å². The monoisotopic (exact) mass is 405 g/mol. The van der Waals surface area contributed by atoms with Crippen LogP contribution in [0.3, 0.4) is 0 Å². The van der Waals surface area contributed by atoms with E-state index in [9.17, 15) is 22.5 Å². The molecule has 2 aliphatic heterocycles. The number of piperidine rings is 1. The zero-order chi connectivity index (χ0) is 19.7. The van der Waals surface area contributed by atoms with Gasteiger partial charge in [0.25, 0.3) is 5.91 Å². The van der Waals surface area contributed by atoms with Gasteiger partial charge in [-0.05, 0) is 57.4 Å². The molecule has 1 saturated carbocycles. The number of amidine groups is 1. The minimum atomic E-state index is -4.09. The fraction of sp³-hybridized carbons (Fsp3) is 0.778. The van der Waals surface area contributed by atoms with Crippen LogP contribution in [0.15, 0.2) is 17.0 Å². The fourth-order valence-corrected chi connectivity index (χ4v) is 5.06. The molecule has 0 bridgehead atoms. The molecular formula is C18H26F3N3O2S. The van der Waals surface area contributed by atoms with Crippen molar-refractivity contribution in [3.63, 3.8) is 0 Å². The normalized spacial score (nSPS) is 30.1. The van der Waals surface area contributed by atoms with Crippen molar-refractivity contribution in [1.82, 2.24) is 9.62 Å². The van der Waals surface area contributed by atoms with Gasteiger partial charge in [0.1, 0.15) is 16.8 Å². The lowest BCUT2D eigenvalue weighted by molar-refractivity contribution is -0.138. The van der Waals surface area contributed by atoms with Crippen LogP contribution in [0.4, 0.5) is 13.2 Å². The second-order valence-electron chi connectivity index (χ2n) is 7.73. The predicted octanol–water partition coefficient (Wildman–Crippen LogP) is 3.31. The summed E-state index contributed by atoms with van der Waals surface area (Å²) in [6, 6.07) is 0. The Kier molecular flexibility index (Phi) is 6.22. The second-order valence-corrected chi connectivity index (χ2v) is 9.13. The first-order valence-corrected chi connectivity index (χ1v) is 10.7. The predicted molar refractivity (Wildman–Crippen MR) is 98.2 cm³/mol. The van der Waals surface area contributed by atoms with Crippen LogP contribution in [0.5, 0.6) is 0 Å². The van der Waals surface area contributed by atoms with Crippen molar-refractivity contribution in [3.05, 3.63) is 12.0 Å². The number of hydrogen-bond donors (Lipinski definition) is 1. The van der Waals surface area contributed by atoms with Crippen molar-refractivity contribution in [2.75, 3.05) is 13.1 Å². The van der Waals surface area contributed by atoms with Crippen LogP contribution in [0.25, 0.3) is 0 Å². The van der Waals surface area contributed by atoms with E-state index in [2.05, 4.69) is 11.9 Å². The Morgan fingerprint density at radius 2 is 1.93 bits per heavy atom. The summed E-state index contributed by atoms with van der Waals surface area (Å²) in [7, 11) is 0. The Bertz CT molecular complexity index is 595. The Hall–Kier alpha value is -1.06. The van der Waals surface area contributed by atoms with E-state index in [1.54, 1.807) is 4.31 Å². The molecule has 0 aromatic heterocycles. The van der Waals surface area contributed by atoms with Gasteiger partial charge in [0.2, 0.25) is 0 Å². The number of alkyl halides is 3. The molecule has 1 aliphatic carbocycles. The van der Waals surface area contributed by atoms with Crippen molar-refractivity contribution in [1.29, 1.82) is 0 Å².